The summed E-state index contributed by atoms with van der Waals surface area (Å²) in [6, 6.07) is 8.07. The van der Waals surface area contributed by atoms with Gasteiger partial charge in [-0.05, 0) is 12.1 Å². The van der Waals surface area contributed by atoms with Crippen molar-refractivity contribution in [1.82, 2.24) is 4.57 Å². The van der Waals surface area contributed by atoms with E-state index >= 15 is 0 Å². The van der Waals surface area contributed by atoms with Crippen molar-refractivity contribution in [3.8, 4) is 6.07 Å². The second kappa shape index (κ2) is 5.40. The van der Waals surface area contributed by atoms with Crippen LogP contribution in [0.5, 0.6) is 0 Å². The molecule has 0 atom stereocenters. The molecule has 1 aromatic carbocycles. The van der Waals surface area contributed by atoms with Gasteiger partial charge in [0.1, 0.15) is 17.6 Å². The smallest absolute Gasteiger partial charge is 0.300 e. The van der Waals surface area contributed by atoms with Gasteiger partial charge in [-0.1, -0.05) is 18.2 Å². The van der Waals surface area contributed by atoms with Gasteiger partial charge in [0.2, 0.25) is 0 Å². The topological polar surface area (TPSA) is 45.8 Å². The third-order valence-electron chi connectivity index (χ3n) is 2.87. The lowest BCUT2D eigenvalue weighted by atomic mass is 10.1. The molecule has 0 unspecified atom stereocenters. The Morgan fingerprint density at radius 3 is 2.43 bits per heavy atom. The number of benzene rings is 1. The fourth-order valence-corrected chi connectivity index (χ4v) is 1.89. The maximum absolute atomic E-state index is 13.9. The average molecular weight is 296 g/mol. The number of hydrogen-bond donors (Lipinski definition) is 0. The number of nitrogens with zero attached hydrogens (tertiary/aromatic N) is 2. The van der Waals surface area contributed by atoms with Gasteiger partial charge in [-0.2, -0.15) is 18.4 Å². The van der Waals surface area contributed by atoms with Gasteiger partial charge in [0, 0.05) is 11.6 Å². The summed E-state index contributed by atoms with van der Waals surface area (Å²) in [5.74, 6) is -0.927. The first-order valence-corrected chi connectivity index (χ1v) is 5.79. The molecule has 1 heterocycles. The lowest BCUT2D eigenvalue weighted by Gasteiger charge is -2.15. The number of nitriles is 1. The number of alkyl halides is 3. The summed E-state index contributed by atoms with van der Waals surface area (Å²) in [6.07, 6.45) is -4.73. The molecular weight excluding hydrogens is 288 g/mol. The molecule has 21 heavy (non-hydrogen) atoms. The van der Waals surface area contributed by atoms with E-state index in [9.17, 15) is 22.4 Å². The van der Waals surface area contributed by atoms with Crippen molar-refractivity contribution < 1.29 is 17.6 Å². The quantitative estimate of drug-likeness (QED) is 0.800. The monoisotopic (exact) mass is 296 g/mol. The molecule has 0 saturated heterocycles. The van der Waals surface area contributed by atoms with Crippen molar-refractivity contribution in [3.63, 3.8) is 0 Å². The maximum atomic E-state index is 13.9. The van der Waals surface area contributed by atoms with Gasteiger partial charge in [0.05, 0.1) is 12.1 Å². The van der Waals surface area contributed by atoms with Gasteiger partial charge in [-0.3, -0.25) is 9.36 Å². The molecule has 2 rings (SSSR count). The Hall–Kier alpha value is -2.62. The Bertz CT molecular complexity index is 772. The SMILES string of the molecule is N#Cc1cccc(Cn2c(C(F)(F)F)cccc2=O)c1F. The first-order chi connectivity index (χ1) is 9.84. The largest absolute Gasteiger partial charge is 0.431 e. The van der Waals surface area contributed by atoms with Crippen molar-refractivity contribution in [2.75, 3.05) is 0 Å². The number of halogens is 4. The minimum atomic E-state index is -4.73. The summed E-state index contributed by atoms with van der Waals surface area (Å²) in [5.41, 5.74) is -2.51. The van der Waals surface area contributed by atoms with Crippen LogP contribution in [0.25, 0.3) is 0 Å². The van der Waals surface area contributed by atoms with Crippen molar-refractivity contribution in [2.45, 2.75) is 12.7 Å². The van der Waals surface area contributed by atoms with Gasteiger partial charge < -0.3 is 0 Å². The van der Waals surface area contributed by atoms with Crippen LogP contribution < -0.4 is 5.56 Å². The predicted molar refractivity (Wildman–Crippen MR) is 65.9 cm³/mol. The Labute approximate surface area is 116 Å². The Morgan fingerprint density at radius 2 is 1.81 bits per heavy atom. The molecule has 0 aliphatic carbocycles. The lowest BCUT2D eigenvalue weighted by Crippen LogP contribution is -2.28. The highest BCUT2D eigenvalue weighted by atomic mass is 19.4. The highest BCUT2D eigenvalue weighted by Crippen LogP contribution is 2.28. The summed E-state index contributed by atoms with van der Waals surface area (Å²) in [7, 11) is 0. The Balaban J connectivity index is 2.56. The second-order valence-corrected chi connectivity index (χ2v) is 4.22. The summed E-state index contributed by atoms with van der Waals surface area (Å²) in [6.45, 7) is -0.601. The van der Waals surface area contributed by atoms with E-state index in [1.165, 1.54) is 18.2 Å². The maximum Gasteiger partial charge on any atom is 0.431 e. The molecule has 0 aliphatic rings. The van der Waals surface area contributed by atoms with Crippen molar-refractivity contribution in [2.24, 2.45) is 0 Å². The van der Waals surface area contributed by atoms with Crippen molar-refractivity contribution in [1.29, 1.82) is 5.26 Å². The van der Waals surface area contributed by atoms with Crippen molar-refractivity contribution >= 4 is 0 Å². The molecular formula is C14H8F4N2O. The minimum absolute atomic E-state index is 0.159. The minimum Gasteiger partial charge on any atom is -0.300 e. The first-order valence-electron chi connectivity index (χ1n) is 5.79. The van der Waals surface area contributed by atoms with Gasteiger partial charge in [-0.15, -0.1) is 0 Å². The van der Waals surface area contributed by atoms with Crippen LogP contribution >= 0.6 is 0 Å². The van der Waals surface area contributed by atoms with Crippen molar-refractivity contribution in [3.05, 3.63) is 69.4 Å². The number of rotatable bonds is 2. The summed E-state index contributed by atoms with van der Waals surface area (Å²) < 4.78 is 52.9. The highest BCUT2D eigenvalue weighted by Gasteiger charge is 2.34. The molecule has 0 amide bonds. The van der Waals surface area contributed by atoms with Crippen LogP contribution in [0.15, 0.2) is 41.2 Å². The summed E-state index contributed by atoms with van der Waals surface area (Å²) >= 11 is 0. The molecule has 0 bridgehead atoms. The molecule has 0 N–H and O–H groups in total. The molecule has 0 radical (unpaired) electrons. The van der Waals surface area contributed by atoms with Crippen LogP contribution in [0.2, 0.25) is 0 Å². The molecule has 0 aliphatic heterocycles. The van der Waals surface area contributed by atoms with Gasteiger partial charge in [0.15, 0.2) is 0 Å². The highest BCUT2D eigenvalue weighted by molar-refractivity contribution is 5.35. The van der Waals surface area contributed by atoms with Crippen LogP contribution in [0, 0.1) is 17.1 Å². The van der Waals surface area contributed by atoms with Gasteiger partial charge >= 0.3 is 6.18 Å². The van der Waals surface area contributed by atoms with E-state index in [0.29, 0.717) is 4.57 Å². The summed E-state index contributed by atoms with van der Waals surface area (Å²) in [5, 5.41) is 8.71. The normalized spacial score (nSPS) is 11.2. The molecule has 7 heteroatoms. The van der Waals surface area contributed by atoms with E-state index in [0.717, 1.165) is 18.2 Å². The first kappa shape index (κ1) is 14.8. The zero-order valence-corrected chi connectivity index (χ0v) is 10.5. The average Bonchev–Trinajstić information content (AvgIpc) is 2.42. The van der Waals surface area contributed by atoms with E-state index < -0.39 is 29.8 Å². The Morgan fingerprint density at radius 1 is 1.14 bits per heavy atom. The number of aromatic nitrogens is 1. The number of pyridine rings is 1. The predicted octanol–water partition coefficient (Wildman–Crippen LogP) is 2.93. The zero-order chi connectivity index (χ0) is 15.6. The van der Waals surface area contributed by atoms with Crippen LogP contribution in [0.1, 0.15) is 16.8 Å². The molecule has 0 fully saturated rings. The third-order valence-corrected chi connectivity index (χ3v) is 2.87. The van der Waals surface area contributed by atoms with E-state index in [4.69, 9.17) is 5.26 Å². The van der Waals surface area contributed by atoms with Gasteiger partial charge in [0.25, 0.3) is 5.56 Å². The molecule has 2 aromatic rings. The van der Waals surface area contributed by atoms with E-state index in [1.54, 1.807) is 6.07 Å². The van der Waals surface area contributed by atoms with Crippen LogP contribution in [0.4, 0.5) is 17.6 Å². The summed E-state index contributed by atoms with van der Waals surface area (Å²) in [4.78, 5) is 11.6. The Kier molecular flexibility index (Phi) is 3.80. The standard InChI is InChI=1S/C14H8F4N2O/c15-13-9(7-19)3-1-4-10(13)8-20-11(14(16,17)18)5-2-6-12(20)21/h1-6H,8H2. The van der Waals surface area contributed by atoms with Gasteiger partial charge in [-0.25, -0.2) is 4.39 Å². The molecule has 108 valence electrons. The third kappa shape index (κ3) is 2.94. The zero-order valence-electron chi connectivity index (χ0n) is 10.5. The molecule has 0 spiro atoms. The van der Waals surface area contributed by atoms with E-state index in [2.05, 4.69) is 0 Å². The molecule has 1 aromatic heterocycles. The lowest BCUT2D eigenvalue weighted by molar-refractivity contribution is -0.144. The fourth-order valence-electron chi connectivity index (χ4n) is 1.89. The van der Waals surface area contributed by atoms with Crippen LogP contribution in [0.3, 0.4) is 0 Å². The van der Waals surface area contributed by atoms with Crippen LogP contribution in [-0.2, 0) is 12.7 Å². The molecule has 0 saturated carbocycles. The van der Waals surface area contributed by atoms with E-state index in [-0.39, 0.29) is 11.1 Å². The molecule has 3 nitrogen and oxygen atoms in total. The van der Waals surface area contributed by atoms with Crippen LogP contribution in [-0.4, -0.2) is 4.57 Å². The fraction of sp³-hybridized carbons (Fsp3) is 0.143. The number of hydrogen-bond acceptors (Lipinski definition) is 2. The van der Waals surface area contributed by atoms with E-state index in [1.807, 2.05) is 0 Å². The second-order valence-electron chi connectivity index (χ2n) is 4.22.